The summed E-state index contributed by atoms with van der Waals surface area (Å²) in [5.74, 6) is 1.03. The van der Waals surface area contributed by atoms with Crippen LogP contribution in [0.25, 0.3) is 0 Å². The molecule has 1 saturated carbocycles. The van der Waals surface area contributed by atoms with E-state index in [0.29, 0.717) is 12.1 Å². The monoisotopic (exact) mass is 324 g/mol. The van der Waals surface area contributed by atoms with Gasteiger partial charge >= 0.3 is 0 Å². The molecule has 1 saturated heterocycles. The smallest absolute Gasteiger partial charge is 0.257 e. The van der Waals surface area contributed by atoms with Gasteiger partial charge in [-0.25, -0.2) is 0 Å². The maximum Gasteiger partial charge on any atom is 0.257 e. The van der Waals surface area contributed by atoms with Gasteiger partial charge in [0.05, 0.1) is 18.3 Å². The number of hydrogen-bond donors (Lipinski definition) is 0. The molecule has 4 rings (SSSR count). The highest BCUT2D eigenvalue weighted by molar-refractivity contribution is 5.93. The van der Waals surface area contributed by atoms with Crippen LogP contribution < -0.4 is 0 Å². The minimum absolute atomic E-state index is 0.111. The van der Waals surface area contributed by atoms with E-state index in [1.165, 1.54) is 24.9 Å². The zero-order valence-corrected chi connectivity index (χ0v) is 14.0. The third kappa shape index (κ3) is 3.67. The van der Waals surface area contributed by atoms with Crippen molar-refractivity contribution in [2.45, 2.75) is 19.4 Å². The third-order valence-electron chi connectivity index (χ3n) is 4.94. The summed E-state index contributed by atoms with van der Waals surface area (Å²) in [5.41, 5.74) is 1.88. The van der Waals surface area contributed by atoms with Crippen molar-refractivity contribution in [3.05, 3.63) is 53.9 Å². The van der Waals surface area contributed by atoms with Crippen LogP contribution in [0.5, 0.6) is 0 Å². The highest BCUT2D eigenvalue weighted by atomic mass is 16.2. The number of aromatic nitrogens is 2. The van der Waals surface area contributed by atoms with Crippen molar-refractivity contribution >= 4 is 5.91 Å². The average Bonchev–Trinajstić information content (AvgIpc) is 3.31. The summed E-state index contributed by atoms with van der Waals surface area (Å²) in [6.07, 6.45) is 6.34. The van der Waals surface area contributed by atoms with Crippen LogP contribution in [0.3, 0.4) is 0 Å². The van der Waals surface area contributed by atoms with E-state index in [2.05, 4.69) is 22.1 Å². The van der Waals surface area contributed by atoms with Gasteiger partial charge in [0.2, 0.25) is 0 Å². The van der Waals surface area contributed by atoms with Crippen LogP contribution in [0.4, 0.5) is 0 Å². The van der Waals surface area contributed by atoms with Crippen molar-refractivity contribution in [1.29, 1.82) is 0 Å². The second-order valence-electron chi connectivity index (χ2n) is 6.95. The molecule has 1 aliphatic heterocycles. The number of carbonyl (C=O) groups excluding carboxylic acids is 1. The second kappa shape index (κ2) is 6.77. The third-order valence-corrected chi connectivity index (χ3v) is 4.94. The summed E-state index contributed by atoms with van der Waals surface area (Å²) in [4.78, 5) is 17.1. The summed E-state index contributed by atoms with van der Waals surface area (Å²) < 4.78 is 1.84. The molecular weight excluding hydrogens is 300 g/mol. The minimum atomic E-state index is 0.111. The average molecular weight is 324 g/mol. The van der Waals surface area contributed by atoms with Crippen molar-refractivity contribution in [2.24, 2.45) is 5.92 Å². The number of carbonyl (C=O) groups is 1. The van der Waals surface area contributed by atoms with Gasteiger partial charge < -0.3 is 4.90 Å². The first-order chi connectivity index (χ1) is 11.8. The van der Waals surface area contributed by atoms with Gasteiger partial charge in [0.25, 0.3) is 5.91 Å². The van der Waals surface area contributed by atoms with Crippen LogP contribution >= 0.6 is 0 Å². The molecule has 24 heavy (non-hydrogen) atoms. The van der Waals surface area contributed by atoms with Crippen LogP contribution in [-0.4, -0.2) is 58.2 Å². The Balaban J connectivity index is 1.33. The Morgan fingerprint density at radius 1 is 1.08 bits per heavy atom. The zero-order chi connectivity index (χ0) is 16.4. The van der Waals surface area contributed by atoms with Gasteiger partial charge in [0, 0.05) is 38.9 Å². The molecule has 1 aliphatic carbocycles. The molecule has 0 spiro atoms. The molecule has 2 aliphatic rings. The molecule has 0 bridgehead atoms. The van der Waals surface area contributed by atoms with Gasteiger partial charge in [-0.15, -0.1) is 0 Å². The fourth-order valence-corrected chi connectivity index (χ4v) is 3.31. The van der Waals surface area contributed by atoms with Crippen molar-refractivity contribution in [1.82, 2.24) is 19.6 Å². The van der Waals surface area contributed by atoms with Crippen LogP contribution in [0.15, 0.2) is 42.7 Å². The quantitative estimate of drug-likeness (QED) is 0.846. The maximum absolute atomic E-state index is 12.7. The molecule has 0 unspecified atom stereocenters. The molecule has 2 fully saturated rings. The first kappa shape index (κ1) is 15.4. The van der Waals surface area contributed by atoms with E-state index >= 15 is 0 Å². The van der Waals surface area contributed by atoms with Gasteiger partial charge in [-0.1, -0.05) is 30.3 Å². The van der Waals surface area contributed by atoms with Crippen LogP contribution in [0, 0.1) is 5.92 Å². The highest BCUT2D eigenvalue weighted by Gasteiger charge is 2.28. The topological polar surface area (TPSA) is 41.4 Å². The van der Waals surface area contributed by atoms with Crippen molar-refractivity contribution in [3.8, 4) is 0 Å². The summed E-state index contributed by atoms with van der Waals surface area (Å²) in [6.45, 7) is 5.58. The van der Waals surface area contributed by atoms with E-state index in [4.69, 9.17) is 0 Å². The number of benzene rings is 1. The summed E-state index contributed by atoms with van der Waals surface area (Å²) in [7, 11) is 0. The molecule has 2 heterocycles. The van der Waals surface area contributed by atoms with Crippen LogP contribution in [-0.2, 0) is 6.54 Å². The minimum Gasteiger partial charge on any atom is -0.336 e. The molecule has 0 N–H and O–H groups in total. The number of amides is 1. The van der Waals surface area contributed by atoms with E-state index in [1.807, 2.05) is 34.0 Å². The predicted molar refractivity (Wildman–Crippen MR) is 92.8 cm³/mol. The van der Waals surface area contributed by atoms with Gasteiger partial charge in [-0.05, 0) is 24.3 Å². The maximum atomic E-state index is 12.7. The van der Waals surface area contributed by atoms with E-state index in [0.717, 1.165) is 32.1 Å². The molecule has 5 nitrogen and oxygen atoms in total. The Morgan fingerprint density at radius 2 is 1.83 bits per heavy atom. The molecule has 0 atom stereocenters. The van der Waals surface area contributed by atoms with E-state index in [-0.39, 0.29) is 5.91 Å². The highest BCUT2D eigenvalue weighted by Crippen LogP contribution is 2.29. The summed E-state index contributed by atoms with van der Waals surface area (Å²) >= 11 is 0. The van der Waals surface area contributed by atoms with E-state index < -0.39 is 0 Å². The van der Waals surface area contributed by atoms with E-state index in [9.17, 15) is 4.79 Å². The SMILES string of the molecule is O=C(c1cnn(Cc2ccccc2)c1)N1CCN(CC2CC2)CC1. The number of rotatable bonds is 5. The fourth-order valence-electron chi connectivity index (χ4n) is 3.31. The van der Waals surface area contributed by atoms with Gasteiger partial charge in [-0.2, -0.15) is 5.10 Å². The Bertz CT molecular complexity index is 684. The van der Waals surface area contributed by atoms with Crippen LogP contribution in [0.2, 0.25) is 0 Å². The lowest BCUT2D eigenvalue weighted by Gasteiger charge is -2.34. The molecule has 5 heteroatoms. The zero-order valence-electron chi connectivity index (χ0n) is 14.0. The summed E-state index contributed by atoms with van der Waals surface area (Å²) in [5, 5.41) is 4.35. The lowest BCUT2D eigenvalue weighted by molar-refractivity contribution is 0.0632. The number of piperazine rings is 1. The molecule has 1 amide bonds. The Labute approximate surface area is 142 Å². The molecule has 2 aromatic rings. The first-order valence-electron chi connectivity index (χ1n) is 8.86. The van der Waals surface area contributed by atoms with Gasteiger partial charge in [0.1, 0.15) is 0 Å². The lowest BCUT2D eigenvalue weighted by Crippen LogP contribution is -2.49. The Kier molecular flexibility index (Phi) is 4.34. The van der Waals surface area contributed by atoms with Crippen molar-refractivity contribution in [2.75, 3.05) is 32.7 Å². The molecule has 1 aromatic heterocycles. The van der Waals surface area contributed by atoms with Crippen molar-refractivity contribution in [3.63, 3.8) is 0 Å². The van der Waals surface area contributed by atoms with Gasteiger partial charge in [-0.3, -0.25) is 14.4 Å². The standard InChI is InChI=1S/C19H24N4O/c24-19(22-10-8-21(9-11-22)13-17-6-7-17)18-12-20-23(15-18)14-16-4-2-1-3-5-16/h1-5,12,15,17H,6-11,13-14H2. The van der Waals surface area contributed by atoms with Crippen LogP contribution in [0.1, 0.15) is 28.8 Å². The van der Waals surface area contributed by atoms with E-state index in [1.54, 1.807) is 6.20 Å². The fraction of sp³-hybridized carbons (Fsp3) is 0.474. The first-order valence-corrected chi connectivity index (χ1v) is 8.86. The predicted octanol–water partition coefficient (Wildman–Crippen LogP) is 2.10. The number of hydrogen-bond acceptors (Lipinski definition) is 3. The lowest BCUT2D eigenvalue weighted by atomic mass is 10.2. The second-order valence-corrected chi connectivity index (χ2v) is 6.95. The normalized spacial score (nSPS) is 18.8. The molecule has 0 radical (unpaired) electrons. The largest absolute Gasteiger partial charge is 0.336 e. The number of nitrogens with zero attached hydrogens (tertiary/aromatic N) is 4. The summed E-state index contributed by atoms with van der Waals surface area (Å²) in [6, 6.07) is 10.2. The Morgan fingerprint density at radius 3 is 2.54 bits per heavy atom. The molecule has 126 valence electrons. The van der Waals surface area contributed by atoms with Crippen molar-refractivity contribution < 1.29 is 4.79 Å². The van der Waals surface area contributed by atoms with Gasteiger partial charge in [0.15, 0.2) is 0 Å². The molecular formula is C19H24N4O. The molecule has 1 aromatic carbocycles. The Hall–Kier alpha value is -2.14.